The van der Waals surface area contributed by atoms with Crippen LogP contribution in [-0.4, -0.2) is 34.3 Å². The van der Waals surface area contributed by atoms with E-state index in [2.05, 4.69) is 34.9 Å². The minimum Gasteiger partial charge on any atom is -0.407 e. The number of hydrogen-bond donors (Lipinski definition) is 2. The van der Waals surface area contributed by atoms with E-state index >= 15 is 0 Å². The highest BCUT2D eigenvalue weighted by Crippen LogP contribution is 2.18. The van der Waals surface area contributed by atoms with Crippen molar-refractivity contribution in [2.45, 2.75) is 38.5 Å². The summed E-state index contributed by atoms with van der Waals surface area (Å²) in [6, 6.07) is 27.5. The van der Waals surface area contributed by atoms with Crippen LogP contribution in [0.25, 0.3) is 22.2 Å². The van der Waals surface area contributed by atoms with Gasteiger partial charge in [-0.25, -0.2) is 23.6 Å². The molecule has 6 rings (SSSR count). The van der Waals surface area contributed by atoms with Crippen molar-refractivity contribution in [2.75, 3.05) is 13.1 Å². The molecular formula is C36H34ClFN4O6. The van der Waals surface area contributed by atoms with E-state index in [1.807, 2.05) is 36.4 Å². The first kappa shape index (κ1) is 33.9. The second-order valence-corrected chi connectivity index (χ2v) is 11.4. The molecule has 248 valence electrons. The predicted molar refractivity (Wildman–Crippen MR) is 182 cm³/mol. The number of hydrogen-bond acceptors (Lipinski definition) is 6. The van der Waals surface area contributed by atoms with Crippen LogP contribution < -0.4 is 22.1 Å². The van der Waals surface area contributed by atoms with Gasteiger partial charge in [0.1, 0.15) is 16.9 Å². The van der Waals surface area contributed by atoms with E-state index < -0.39 is 29.4 Å². The van der Waals surface area contributed by atoms with Crippen molar-refractivity contribution >= 4 is 45.9 Å². The summed E-state index contributed by atoms with van der Waals surface area (Å²) < 4.78 is 24.9. The van der Waals surface area contributed by atoms with Gasteiger partial charge in [-0.2, -0.15) is 9.13 Å². The van der Waals surface area contributed by atoms with Crippen LogP contribution in [0.4, 0.5) is 14.0 Å². The molecule has 2 amide bonds. The smallest absolute Gasteiger partial charge is 0.407 e. The molecule has 0 radical (unpaired) electrons. The molecule has 0 aliphatic carbocycles. The van der Waals surface area contributed by atoms with Gasteiger partial charge in [-0.05, 0) is 80.0 Å². The number of amides is 2. The first-order chi connectivity index (χ1) is 23.3. The molecule has 0 unspecified atom stereocenters. The molecule has 10 nitrogen and oxygen atoms in total. The Morgan fingerprint density at radius 1 is 0.625 bits per heavy atom. The summed E-state index contributed by atoms with van der Waals surface area (Å²) in [5, 5.41) is 5.87. The maximum absolute atomic E-state index is 13.1. The van der Waals surface area contributed by atoms with Gasteiger partial charge in [0.2, 0.25) is 0 Å². The number of aryl methyl sites for hydroxylation is 2. The molecule has 0 aliphatic rings. The Bertz CT molecular complexity index is 2100. The van der Waals surface area contributed by atoms with E-state index in [9.17, 15) is 23.6 Å². The third kappa shape index (κ3) is 8.89. The van der Waals surface area contributed by atoms with E-state index in [0.717, 1.165) is 53.7 Å². The van der Waals surface area contributed by atoms with Gasteiger partial charge >= 0.3 is 23.6 Å². The van der Waals surface area contributed by atoms with E-state index in [4.69, 9.17) is 20.4 Å². The van der Waals surface area contributed by atoms with Gasteiger partial charge in [0.25, 0.3) is 0 Å². The van der Waals surface area contributed by atoms with Crippen LogP contribution in [0.5, 0.6) is 0 Å². The minimum absolute atomic E-state index is 0.0548. The summed E-state index contributed by atoms with van der Waals surface area (Å²) in [7, 11) is 0. The second kappa shape index (κ2) is 16.4. The average Bonchev–Trinajstić information content (AvgIpc) is 3.59. The van der Waals surface area contributed by atoms with Crippen molar-refractivity contribution < 1.29 is 22.8 Å². The maximum Gasteiger partial charge on any atom is 0.428 e. The topological polar surface area (TPSA) is 128 Å². The van der Waals surface area contributed by atoms with Gasteiger partial charge in [0.05, 0.1) is 0 Å². The van der Waals surface area contributed by atoms with E-state index in [0.29, 0.717) is 29.2 Å². The zero-order valence-corrected chi connectivity index (χ0v) is 26.8. The zero-order valence-electron chi connectivity index (χ0n) is 26.0. The van der Waals surface area contributed by atoms with Crippen LogP contribution in [-0.2, 0) is 12.8 Å². The number of rotatable bonds is 10. The monoisotopic (exact) mass is 672 g/mol. The fourth-order valence-electron chi connectivity index (χ4n) is 5.11. The number of fused-ring (bicyclic) bond motifs is 2. The van der Waals surface area contributed by atoms with Crippen LogP contribution >= 0.6 is 11.6 Å². The van der Waals surface area contributed by atoms with Gasteiger partial charge in [-0.1, -0.05) is 72.3 Å². The van der Waals surface area contributed by atoms with Gasteiger partial charge in [0.15, 0.2) is 11.2 Å². The van der Waals surface area contributed by atoms with Crippen molar-refractivity contribution in [2.24, 2.45) is 0 Å². The summed E-state index contributed by atoms with van der Waals surface area (Å²) in [6.45, 7) is 0.942. The SMILES string of the molecule is O=C(NCCCCc1ccccc1)n1c(=O)oc2cc(F)ccc21.O=C(NCCCCc1ccccc1)n1c(=O)oc2ccc(Cl)cc21. The lowest BCUT2D eigenvalue weighted by Crippen LogP contribution is -2.34. The Labute approximate surface area is 279 Å². The minimum atomic E-state index is -0.822. The third-order valence-electron chi connectivity index (χ3n) is 7.51. The summed E-state index contributed by atoms with van der Waals surface area (Å²) >= 11 is 5.92. The highest BCUT2D eigenvalue weighted by molar-refractivity contribution is 6.31. The highest BCUT2D eigenvalue weighted by Gasteiger charge is 2.17. The van der Waals surface area contributed by atoms with Gasteiger partial charge in [-0.3, -0.25) is 0 Å². The molecule has 0 aliphatic heterocycles. The summed E-state index contributed by atoms with van der Waals surface area (Å²) in [4.78, 5) is 48.0. The number of nitrogens with zero attached hydrogens (tertiary/aromatic N) is 2. The highest BCUT2D eigenvalue weighted by atomic mass is 35.5. The molecule has 12 heteroatoms. The lowest BCUT2D eigenvalue weighted by molar-refractivity contribution is 0.240. The Morgan fingerprint density at radius 2 is 1.15 bits per heavy atom. The predicted octanol–water partition coefficient (Wildman–Crippen LogP) is 7.14. The van der Waals surface area contributed by atoms with Crippen molar-refractivity contribution in [3.8, 4) is 0 Å². The molecule has 2 heterocycles. The number of carbonyl (C=O) groups is 2. The molecule has 0 spiro atoms. The third-order valence-corrected chi connectivity index (χ3v) is 7.75. The van der Waals surface area contributed by atoms with E-state index in [-0.39, 0.29) is 11.1 Å². The number of benzene rings is 4. The van der Waals surface area contributed by atoms with Crippen LogP contribution in [0, 0.1) is 5.82 Å². The molecule has 0 saturated carbocycles. The lowest BCUT2D eigenvalue weighted by atomic mass is 10.1. The van der Waals surface area contributed by atoms with Crippen molar-refractivity contribution in [1.29, 1.82) is 0 Å². The Morgan fingerprint density at radius 3 is 1.71 bits per heavy atom. The largest absolute Gasteiger partial charge is 0.428 e. The second-order valence-electron chi connectivity index (χ2n) is 11.0. The number of oxazole rings is 2. The molecule has 48 heavy (non-hydrogen) atoms. The van der Waals surface area contributed by atoms with Crippen LogP contribution in [0.1, 0.15) is 36.8 Å². The van der Waals surface area contributed by atoms with E-state index in [1.165, 1.54) is 29.3 Å². The fourth-order valence-corrected chi connectivity index (χ4v) is 5.28. The summed E-state index contributed by atoms with van der Waals surface area (Å²) in [6.07, 6.45) is 5.39. The quantitative estimate of drug-likeness (QED) is 0.149. The first-order valence-corrected chi connectivity index (χ1v) is 15.9. The Balaban J connectivity index is 0.000000188. The van der Waals surface area contributed by atoms with Crippen LogP contribution in [0.15, 0.2) is 115 Å². The molecule has 2 aromatic heterocycles. The van der Waals surface area contributed by atoms with Gasteiger partial charge < -0.3 is 19.5 Å². The molecule has 0 saturated heterocycles. The molecule has 0 atom stereocenters. The standard InChI is InChI=1S/C18H17ClN2O3.C18H17FN2O3/c19-14-9-10-16-15(12-14)21(18(23)24-16)17(22)20-11-5-4-8-13-6-2-1-3-7-13;19-14-9-10-15-16(12-14)24-18(23)21(15)17(22)20-11-5-4-8-13-6-2-1-3-7-13/h2*1-3,6-7,9-10,12H,4-5,8,11H2,(H,20,22). The van der Waals surface area contributed by atoms with Crippen LogP contribution in [0.2, 0.25) is 5.02 Å². The average molecular weight is 673 g/mol. The lowest BCUT2D eigenvalue weighted by Gasteiger charge is -2.05. The van der Waals surface area contributed by atoms with Gasteiger partial charge in [0, 0.05) is 24.2 Å². The van der Waals surface area contributed by atoms with Gasteiger partial charge in [-0.15, -0.1) is 0 Å². The molecule has 2 N–H and O–H groups in total. The Kier molecular flexibility index (Phi) is 11.6. The molecule has 6 aromatic rings. The number of nitrogens with one attached hydrogen (secondary N) is 2. The van der Waals surface area contributed by atoms with Crippen molar-refractivity contribution in [3.63, 3.8) is 0 Å². The number of halogens is 2. The Hall–Kier alpha value is -5.42. The van der Waals surface area contributed by atoms with E-state index in [1.54, 1.807) is 12.1 Å². The fraction of sp³-hybridized carbons (Fsp3) is 0.222. The normalized spacial score (nSPS) is 10.9. The summed E-state index contributed by atoms with van der Waals surface area (Å²) in [5.74, 6) is -2.06. The first-order valence-electron chi connectivity index (χ1n) is 15.6. The molecular weight excluding hydrogens is 639 g/mol. The van der Waals surface area contributed by atoms with Crippen LogP contribution in [0.3, 0.4) is 0 Å². The number of unbranched alkanes of at least 4 members (excludes halogenated alkanes) is 2. The maximum atomic E-state index is 13.1. The number of aromatic nitrogens is 2. The molecule has 0 bridgehead atoms. The number of carbonyl (C=O) groups excluding carboxylic acids is 2. The van der Waals surface area contributed by atoms with Crippen molar-refractivity contribution in [3.05, 3.63) is 140 Å². The molecule has 4 aromatic carbocycles. The molecule has 0 fully saturated rings. The zero-order chi connectivity index (χ0) is 33.9. The van der Waals surface area contributed by atoms with Crippen molar-refractivity contribution in [1.82, 2.24) is 19.8 Å². The summed E-state index contributed by atoms with van der Waals surface area (Å²) in [5.41, 5.74) is 3.54.